The normalized spacial score (nSPS) is 34.3. The Morgan fingerprint density at radius 3 is 2.22 bits per heavy atom. The number of likely N-dealkylation sites (tertiary alicyclic amines) is 1. The second kappa shape index (κ2) is 7.40. The van der Waals surface area contributed by atoms with Gasteiger partial charge >= 0.3 is 6.18 Å². The maximum atomic E-state index is 13.6. The number of aromatic nitrogens is 2. The predicted molar refractivity (Wildman–Crippen MR) is 93.8 cm³/mol. The van der Waals surface area contributed by atoms with E-state index < -0.39 is 12.1 Å². The molecule has 0 radical (unpaired) electrons. The van der Waals surface area contributed by atoms with Crippen molar-refractivity contribution in [3.05, 3.63) is 24.3 Å². The van der Waals surface area contributed by atoms with Gasteiger partial charge in [0.2, 0.25) is 5.82 Å². The molecule has 4 nitrogen and oxygen atoms in total. The molecule has 27 heavy (non-hydrogen) atoms. The monoisotopic (exact) mass is 381 g/mol. The first-order valence-corrected chi connectivity index (χ1v) is 10.1. The summed E-state index contributed by atoms with van der Waals surface area (Å²) in [5.41, 5.74) is 0. The van der Waals surface area contributed by atoms with Crippen LogP contribution in [0.3, 0.4) is 0 Å². The van der Waals surface area contributed by atoms with Crippen LogP contribution in [0.1, 0.15) is 55.6 Å². The van der Waals surface area contributed by atoms with Crippen molar-refractivity contribution in [3.8, 4) is 0 Å². The zero-order valence-electron chi connectivity index (χ0n) is 15.4. The Hall–Kier alpha value is -1.66. The average molecular weight is 381 g/mol. The largest absolute Gasteiger partial charge is 0.392 e. The average Bonchev–Trinajstić information content (AvgIpc) is 3.10. The predicted octanol–water partition coefficient (Wildman–Crippen LogP) is 4.33. The standard InChI is InChI=1S/C20H26F3N3O/c21-20(22,23)17-6-3-1-2-5-16(17)13-9-14-11-26(12-15(14)10-13)19(27)18-24-7-4-8-25-18/h4,7-8,13-17H,1-3,5-6,9-12H2. The van der Waals surface area contributed by atoms with Gasteiger partial charge in [0.15, 0.2) is 0 Å². The van der Waals surface area contributed by atoms with E-state index in [1.807, 2.05) is 0 Å². The third kappa shape index (κ3) is 3.83. The third-order valence-corrected chi connectivity index (χ3v) is 6.93. The topological polar surface area (TPSA) is 46.1 Å². The van der Waals surface area contributed by atoms with Crippen molar-refractivity contribution >= 4 is 5.91 Å². The molecule has 4 rings (SSSR count). The lowest BCUT2D eigenvalue weighted by Gasteiger charge is -2.32. The smallest absolute Gasteiger partial charge is 0.335 e. The van der Waals surface area contributed by atoms with Crippen LogP contribution in [0.4, 0.5) is 13.2 Å². The number of fused-ring (bicyclic) bond motifs is 1. The van der Waals surface area contributed by atoms with E-state index in [0.29, 0.717) is 37.8 Å². The molecular formula is C20H26F3N3O. The molecule has 0 bridgehead atoms. The first-order valence-electron chi connectivity index (χ1n) is 10.1. The zero-order chi connectivity index (χ0) is 19.0. The summed E-state index contributed by atoms with van der Waals surface area (Å²) in [7, 11) is 0. The van der Waals surface area contributed by atoms with Gasteiger partial charge < -0.3 is 4.90 Å². The summed E-state index contributed by atoms with van der Waals surface area (Å²) in [6.07, 6.45) is 4.18. The fourth-order valence-corrected chi connectivity index (χ4v) is 5.72. The molecule has 0 N–H and O–H groups in total. The summed E-state index contributed by atoms with van der Waals surface area (Å²) >= 11 is 0. The second-order valence-electron chi connectivity index (χ2n) is 8.48. The summed E-state index contributed by atoms with van der Waals surface area (Å²) in [5.74, 6) is -0.548. The van der Waals surface area contributed by atoms with Gasteiger partial charge in [0.05, 0.1) is 5.92 Å². The van der Waals surface area contributed by atoms with Crippen LogP contribution in [0, 0.1) is 29.6 Å². The number of hydrogen-bond acceptors (Lipinski definition) is 3. The Kier molecular flexibility index (Phi) is 5.12. The zero-order valence-corrected chi connectivity index (χ0v) is 15.4. The molecule has 1 amide bonds. The van der Waals surface area contributed by atoms with Gasteiger partial charge in [-0.1, -0.05) is 19.3 Å². The van der Waals surface area contributed by atoms with E-state index in [1.165, 1.54) is 0 Å². The van der Waals surface area contributed by atoms with Crippen LogP contribution in [-0.4, -0.2) is 40.0 Å². The molecule has 2 heterocycles. The highest BCUT2D eigenvalue weighted by atomic mass is 19.4. The van der Waals surface area contributed by atoms with Gasteiger partial charge in [0.1, 0.15) is 0 Å². The van der Waals surface area contributed by atoms with E-state index in [9.17, 15) is 18.0 Å². The summed E-state index contributed by atoms with van der Waals surface area (Å²) in [5, 5.41) is 0. The lowest BCUT2D eigenvalue weighted by Crippen LogP contribution is -2.35. The molecule has 4 unspecified atom stereocenters. The van der Waals surface area contributed by atoms with Crippen molar-refractivity contribution in [2.75, 3.05) is 13.1 Å². The van der Waals surface area contributed by atoms with Crippen molar-refractivity contribution in [2.45, 2.75) is 51.1 Å². The molecule has 1 saturated heterocycles. The van der Waals surface area contributed by atoms with Crippen molar-refractivity contribution in [1.82, 2.24) is 14.9 Å². The van der Waals surface area contributed by atoms with Gasteiger partial charge in [0.25, 0.3) is 5.91 Å². The maximum Gasteiger partial charge on any atom is 0.392 e. The highest BCUT2D eigenvalue weighted by Crippen LogP contribution is 2.52. The number of hydrogen-bond donors (Lipinski definition) is 0. The number of alkyl halides is 3. The van der Waals surface area contributed by atoms with E-state index in [0.717, 1.165) is 25.7 Å². The van der Waals surface area contributed by atoms with Crippen molar-refractivity contribution < 1.29 is 18.0 Å². The van der Waals surface area contributed by atoms with Crippen LogP contribution in [-0.2, 0) is 0 Å². The SMILES string of the molecule is O=C(c1ncccn1)N1CC2CC(C3CCCCCC3C(F)(F)F)CC2C1. The van der Waals surface area contributed by atoms with E-state index in [4.69, 9.17) is 0 Å². The van der Waals surface area contributed by atoms with Crippen LogP contribution < -0.4 is 0 Å². The molecular weight excluding hydrogens is 355 g/mol. The van der Waals surface area contributed by atoms with Gasteiger partial charge in [-0.3, -0.25) is 4.79 Å². The van der Waals surface area contributed by atoms with Gasteiger partial charge in [-0.25, -0.2) is 9.97 Å². The molecule has 1 aromatic rings. The number of rotatable bonds is 2. The molecule has 1 aliphatic heterocycles. The second-order valence-corrected chi connectivity index (χ2v) is 8.48. The first-order chi connectivity index (χ1) is 12.9. The Labute approximate surface area is 157 Å². The molecule has 4 atom stereocenters. The quantitative estimate of drug-likeness (QED) is 0.716. The van der Waals surface area contributed by atoms with E-state index >= 15 is 0 Å². The van der Waals surface area contributed by atoms with Crippen molar-refractivity contribution in [3.63, 3.8) is 0 Å². The minimum Gasteiger partial charge on any atom is -0.335 e. The number of nitrogens with zero attached hydrogens (tertiary/aromatic N) is 3. The fourth-order valence-electron chi connectivity index (χ4n) is 5.72. The summed E-state index contributed by atoms with van der Waals surface area (Å²) in [6.45, 7) is 1.25. The maximum absolute atomic E-state index is 13.6. The lowest BCUT2D eigenvalue weighted by molar-refractivity contribution is -0.195. The molecule has 148 valence electrons. The van der Waals surface area contributed by atoms with E-state index in [-0.39, 0.29) is 30.0 Å². The molecule has 1 aromatic heterocycles. The number of carbonyl (C=O) groups is 1. The molecule has 0 spiro atoms. The summed E-state index contributed by atoms with van der Waals surface area (Å²) in [4.78, 5) is 22.4. The Morgan fingerprint density at radius 2 is 1.59 bits per heavy atom. The fraction of sp³-hybridized carbons (Fsp3) is 0.750. The number of amides is 1. The third-order valence-electron chi connectivity index (χ3n) is 6.93. The molecule has 2 saturated carbocycles. The first kappa shape index (κ1) is 18.7. The molecule has 3 fully saturated rings. The summed E-state index contributed by atoms with van der Waals surface area (Å²) in [6, 6.07) is 1.67. The molecule has 3 aliphatic rings. The van der Waals surface area contributed by atoms with Crippen LogP contribution in [0.5, 0.6) is 0 Å². The van der Waals surface area contributed by atoms with E-state index in [1.54, 1.807) is 23.4 Å². The Bertz CT molecular complexity index is 652. The number of carbonyl (C=O) groups excluding carboxylic acids is 1. The highest BCUT2D eigenvalue weighted by Gasteiger charge is 2.51. The van der Waals surface area contributed by atoms with Gasteiger partial charge in [-0.15, -0.1) is 0 Å². The van der Waals surface area contributed by atoms with Gasteiger partial charge in [-0.05, 0) is 55.4 Å². The highest BCUT2D eigenvalue weighted by molar-refractivity contribution is 5.90. The van der Waals surface area contributed by atoms with Crippen molar-refractivity contribution in [2.24, 2.45) is 29.6 Å². The van der Waals surface area contributed by atoms with Gasteiger partial charge in [-0.2, -0.15) is 13.2 Å². The van der Waals surface area contributed by atoms with Crippen LogP contribution in [0.2, 0.25) is 0 Å². The lowest BCUT2D eigenvalue weighted by atomic mass is 9.76. The minimum atomic E-state index is -4.08. The Morgan fingerprint density at radius 1 is 0.963 bits per heavy atom. The Balaban J connectivity index is 1.41. The van der Waals surface area contributed by atoms with Crippen LogP contribution >= 0.6 is 0 Å². The number of halogens is 3. The molecule has 2 aliphatic carbocycles. The summed E-state index contributed by atoms with van der Waals surface area (Å²) < 4.78 is 40.8. The van der Waals surface area contributed by atoms with E-state index in [2.05, 4.69) is 9.97 Å². The van der Waals surface area contributed by atoms with Gasteiger partial charge in [0, 0.05) is 25.5 Å². The van der Waals surface area contributed by atoms with Crippen LogP contribution in [0.15, 0.2) is 18.5 Å². The van der Waals surface area contributed by atoms with Crippen LogP contribution in [0.25, 0.3) is 0 Å². The van der Waals surface area contributed by atoms with Crippen molar-refractivity contribution in [1.29, 1.82) is 0 Å². The molecule has 0 aromatic carbocycles. The minimum absolute atomic E-state index is 0.148. The molecule has 7 heteroatoms.